The Morgan fingerprint density at radius 2 is 2.04 bits per heavy atom. The first-order chi connectivity index (χ1) is 12.0. The molecular weight excluding hydrogens is 316 g/mol. The fourth-order valence-corrected chi connectivity index (χ4v) is 2.56. The van der Waals surface area contributed by atoms with Crippen LogP contribution in [-0.4, -0.2) is 32.6 Å². The van der Waals surface area contributed by atoms with E-state index in [0.717, 1.165) is 12.4 Å². The molecule has 0 unspecified atom stereocenters. The molecule has 0 aliphatic carbocycles. The number of hydrogen-bond acceptors (Lipinski definition) is 4. The van der Waals surface area contributed by atoms with E-state index in [1.807, 2.05) is 42.8 Å². The second-order valence-corrected chi connectivity index (χ2v) is 6.39. The van der Waals surface area contributed by atoms with Crippen molar-refractivity contribution in [2.45, 2.75) is 32.9 Å². The molecule has 6 heteroatoms. The molecule has 0 fully saturated rings. The van der Waals surface area contributed by atoms with Gasteiger partial charge in [0.05, 0.1) is 6.54 Å². The fourth-order valence-electron chi connectivity index (χ4n) is 2.56. The van der Waals surface area contributed by atoms with Gasteiger partial charge in [0.25, 0.3) is 5.91 Å². The summed E-state index contributed by atoms with van der Waals surface area (Å²) in [6, 6.07) is 11.9. The van der Waals surface area contributed by atoms with E-state index in [0.29, 0.717) is 18.0 Å². The summed E-state index contributed by atoms with van der Waals surface area (Å²) < 4.78 is 7.26. The van der Waals surface area contributed by atoms with Gasteiger partial charge < -0.3 is 14.0 Å². The lowest BCUT2D eigenvalue weighted by Gasteiger charge is -2.16. The van der Waals surface area contributed by atoms with Crippen molar-refractivity contribution in [3.05, 3.63) is 71.6 Å². The molecule has 0 saturated heterocycles. The lowest BCUT2D eigenvalue weighted by Crippen LogP contribution is -2.28. The first-order valence-corrected chi connectivity index (χ1v) is 8.30. The van der Waals surface area contributed by atoms with Gasteiger partial charge in [-0.05, 0) is 5.56 Å². The molecule has 0 aliphatic heterocycles. The van der Waals surface area contributed by atoms with Gasteiger partial charge in [0.15, 0.2) is 5.69 Å². The molecule has 0 bridgehead atoms. The summed E-state index contributed by atoms with van der Waals surface area (Å²) in [7, 11) is 1.74. The van der Waals surface area contributed by atoms with E-state index in [1.165, 1.54) is 5.56 Å². The highest BCUT2D eigenvalue weighted by molar-refractivity contribution is 5.92. The summed E-state index contributed by atoms with van der Waals surface area (Å²) in [4.78, 5) is 18.5. The summed E-state index contributed by atoms with van der Waals surface area (Å²) in [6.07, 6.45) is 3.68. The maximum atomic E-state index is 12.5. The molecule has 3 aromatic rings. The number of carbonyl (C=O) groups is 1. The molecule has 0 radical (unpaired) electrons. The van der Waals surface area contributed by atoms with E-state index in [4.69, 9.17) is 4.52 Å². The third-order valence-electron chi connectivity index (χ3n) is 4.04. The van der Waals surface area contributed by atoms with Crippen LogP contribution in [-0.2, 0) is 13.1 Å². The summed E-state index contributed by atoms with van der Waals surface area (Å²) in [5, 5.41) is 3.88. The molecule has 3 rings (SSSR count). The molecule has 2 heterocycles. The minimum absolute atomic E-state index is 0.176. The van der Waals surface area contributed by atoms with E-state index in [1.54, 1.807) is 24.2 Å². The van der Waals surface area contributed by atoms with E-state index < -0.39 is 0 Å². The van der Waals surface area contributed by atoms with Crippen molar-refractivity contribution in [3.8, 4) is 0 Å². The zero-order chi connectivity index (χ0) is 17.8. The predicted molar refractivity (Wildman–Crippen MR) is 94.2 cm³/mol. The lowest BCUT2D eigenvalue weighted by atomic mass is 10.1. The van der Waals surface area contributed by atoms with Crippen molar-refractivity contribution in [1.82, 2.24) is 19.6 Å². The standard InChI is InChI=1S/C19H22N4O2/c1-14(2)17-11-16(21-25-17)19(24)22(3)13-18-20-9-10-23(18)12-15-7-5-4-6-8-15/h4-11,14H,12-13H2,1-3H3. The quantitative estimate of drug-likeness (QED) is 0.692. The smallest absolute Gasteiger partial charge is 0.276 e. The van der Waals surface area contributed by atoms with Gasteiger partial charge in [0.1, 0.15) is 11.6 Å². The van der Waals surface area contributed by atoms with Crippen LogP contribution < -0.4 is 0 Å². The van der Waals surface area contributed by atoms with Crippen LogP contribution in [0.3, 0.4) is 0 Å². The van der Waals surface area contributed by atoms with Gasteiger partial charge in [-0.2, -0.15) is 0 Å². The molecule has 0 spiro atoms. The zero-order valence-electron chi connectivity index (χ0n) is 14.7. The third-order valence-corrected chi connectivity index (χ3v) is 4.04. The number of amides is 1. The van der Waals surface area contributed by atoms with Gasteiger partial charge in [-0.3, -0.25) is 4.79 Å². The van der Waals surface area contributed by atoms with Crippen molar-refractivity contribution in [1.29, 1.82) is 0 Å². The van der Waals surface area contributed by atoms with E-state index in [9.17, 15) is 4.79 Å². The Hall–Kier alpha value is -2.89. The number of hydrogen-bond donors (Lipinski definition) is 0. The van der Waals surface area contributed by atoms with Crippen LogP contribution in [0.4, 0.5) is 0 Å². The van der Waals surface area contributed by atoms with Crippen LogP contribution in [0.25, 0.3) is 0 Å². The Balaban J connectivity index is 1.69. The normalized spacial score (nSPS) is 11.0. The van der Waals surface area contributed by atoms with E-state index in [-0.39, 0.29) is 11.8 Å². The highest BCUT2D eigenvalue weighted by atomic mass is 16.5. The highest BCUT2D eigenvalue weighted by Gasteiger charge is 2.19. The molecule has 1 amide bonds. The van der Waals surface area contributed by atoms with Gasteiger partial charge in [0.2, 0.25) is 0 Å². The second-order valence-electron chi connectivity index (χ2n) is 6.39. The number of imidazole rings is 1. The van der Waals surface area contributed by atoms with Gasteiger partial charge in [-0.1, -0.05) is 49.3 Å². The van der Waals surface area contributed by atoms with Crippen LogP contribution in [0.1, 0.15) is 47.4 Å². The average Bonchev–Trinajstić information content (AvgIpc) is 3.25. The van der Waals surface area contributed by atoms with Crippen molar-refractivity contribution >= 4 is 5.91 Å². The molecule has 25 heavy (non-hydrogen) atoms. The Labute approximate surface area is 147 Å². The summed E-state index contributed by atoms with van der Waals surface area (Å²) in [5.41, 5.74) is 1.51. The van der Waals surface area contributed by atoms with Gasteiger partial charge in [-0.15, -0.1) is 0 Å². The average molecular weight is 338 g/mol. The van der Waals surface area contributed by atoms with Gasteiger partial charge in [-0.25, -0.2) is 4.98 Å². The van der Waals surface area contributed by atoms with Crippen LogP contribution in [0.5, 0.6) is 0 Å². The molecule has 2 aromatic heterocycles. The van der Waals surface area contributed by atoms with E-state index in [2.05, 4.69) is 22.3 Å². The monoisotopic (exact) mass is 338 g/mol. The SMILES string of the molecule is CC(C)c1cc(C(=O)N(C)Cc2nccn2Cc2ccccc2)no1. The topological polar surface area (TPSA) is 64.2 Å². The third kappa shape index (κ3) is 3.96. The van der Waals surface area contributed by atoms with Crippen LogP contribution in [0.15, 0.2) is 53.3 Å². The predicted octanol–water partition coefficient (Wildman–Crippen LogP) is 3.32. The molecule has 1 aromatic carbocycles. The van der Waals surface area contributed by atoms with Gasteiger partial charge >= 0.3 is 0 Å². The molecule has 6 nitrogen and oxygen atoms in total. The molecule has 0 atom stereocenters. The number of carbonyl (C=O) groups excluding carboxylic acids is 1. The van der Waals surface area contributed by atoms with Gasteiger partial charge in [0, 0.05) is 38.0 Å². The number of rotatable bonds is 6. The van der Waals surface area contributed by atoms with Crippen LogP contribution >= 0.6 is 0 Å². The Bertz CT molecular complexity index is 836. The van der Waals surface area contributed by atoms with Crippen LogP contribution in [0, 0.1) is 0 Å². The number of nitrogens with zero attached hydrogens (tertiary/aromatic N) is 4. The maximum absolute atomic E-state index is 12.5. The highest BCUT2D eigenvalue weighted by Crippen LogP contribution is 2.16. The van der Waals surface area contributed by atoms with Crippen LogP contribution in [0.2, 0.25) is 0 Å². The summed E-state index contributed by atoms with van der Waals surface area (Å²) in [6.45, 7) is 5.12. The molecular formula is C19H22N4O2. The number of aromatic nitrogens is 3. The van der Waals surface area contributed by atoms with Crippen molar-refractivity contribution in [2.75, 3.05) is 7.05 Å². The van der Waals surface area contributed by atoms with Crippen molar-refractivity contribution < 1.29 is 9.32 Å². The first kappa shape index (κ1) is 17.0. The number of benzene rings is 1. The Kier molecular flexibility index (Phi) is 4.97. The van der Waals surface area contributed by atoms with Crippen molar-refractivity contribution in [3.63, 3.8) is 0 Å². The maximum Gasteiger partial charge on any atom is 0.276 e. The minimum atomic E-state index is -0.176. The summed E-state index contributed by atoms with van der Waals surface area (Å²) >= 11 is 0. The lowest BCUT2D eigenvalue weighted by molar-refractivity contribution is 0.0769. The zero-order valence-corrected chi connectivity index (χ0v) is 14.7. The minimum Gasteiger partial charge on any atom is -0.360 e. The Morgan fingerprint density at radius 1 is 1.28 bits per heavy atom. The second kappa shape index (κ2) is 7.34. The summed E-state index contributed by atoms with van der Waals surface area (Å²) in [5.74, 6) is 1.56. The van der Waals surface area contributed by atoms with E-state index >= 15 is 0 Å². The molecule has 0 aliphatic rings. The first-order valence-electron chi connectivity index (χ1n) is 8.30. The fraction of sp³-hybridized carbons (Fsp3) is 0.316. The molecule has 130 valence electrons. The largest absolute Gasteiger partial charge is 0.360 e. The molecule has 0 saturated carbocycles. The Morgan fingerprint density at radius 3 is 2.72 bits per heavy atom. The molecule has 0 N–H and O–H groups in total. The van der Waals surface area contributed by atoms with Crippen molar-refractivity contribution in [2.24, 2.45) is 0 Å².